The van der Waals surface area contributed by atoms with E-state index < -0.39 is 0 Å². The highest BCUT2D eigenvalue weighted by Crippen LogP contribution is 2.02. The summed E-state index contributed by atoms with van der Waals surface area (Å²) in [5, 5.41) is 0. The average molecular weight is 139 g/mol. The zero-order valence-electron chi connectivity index (χ0n) is 6.00. The Morgan fingerprint density at radius 1 is 1.50 bits per heavy atom. The summed E-state index contributed by atoms with van der Waals surface area (Å²) in [7, 11) is 3.25. The van der Waals surface area contributed by atoms with Crippen LogP contribution in [0.4, 0.5) is 0 Å². The zero-order chi connectivity index (χ0) is 7.56. The summed E-state index contributed by atoms with van der Waals surface area (Å²) in [5.74, 6) is 0.696. The van der Waals surface area contributed by atoms with E-state index in [9.17, 15) is 4.79 Å². The van der Waals surface area contributed by atoms with Crippen molar-refractivity contribution in [1.82, 2.24) is 4.57 Å². The molecular weight excluding hydrogens is 130 g/mol. The van der Waals surface area contributed by atoms with E-state index in [1.807, 2.05) is 0 Å². The number of hydrogen-bond acceptors (Lipinski definition) is 2. The van der Waals surface area contributed by atoms with Crippen molar-refractivity contribution in [2.75, 3.05) is 7.11 Å². The van der Waals surface area contributed by atoms with E-state index in [4.69, 9.17) is 4.74 Å². The fourth-order valence-corrected chi connectivity index (χ4v) is 0.689. The van der Waals surface area contributed by atoms with Crippen LogP contribution in [-0.2, 0) is 7.05 Å². The highest BCUT2D eigenvalue weighted by molar-refractivity contribution is 5.16. The standard InChI is InChI=1S/C7H9NO2/c1-8-5-6(10-2)3-4-7(8)9/h3-5H,1-2H3. The van der Waals surface area contributed by atoms with Crippen LogP contribution < -0.4 is 10.3 Å². The monoisotopic (exact) mass is 139 g/mol. The lowest BCUT2D eigenvalue weighted by molar-refractivity contribution is 0.410. The summed E-state index contributed by atoms with van der Waals surface area (Å²) in [6.07, 6.45) is 1.64. The van der Waals surface area contributed by atoms with Crippen molar-refractivity contribution in [2.45, 2.75) is 0 Å². The summed E-state index contributed by atoms with van der Waals surface area (Å²) >= 11 is 0. The maximum absolute atomic E-state index is 10.8. The molecule has 0 aromatic carbocycles. The second-order valence-corrected chi connectivity index (χ2v) is 2.02. The number of rotatable bonds is 1. The molecule has 1 aromatic heterocycles. The van der Waals surface area contributed by atoms with E-state index in [-0.39, 0.29) is 5.56 Å². The molecule has 0 atom stereocenters. The first-order valence-corrected chi connectivity index (χ1v) is 2.94. The summed E-state index contributed by atoms with van der Waals surface area (Å²) in [6.45, 7) is 0. The molecule has 0 unspecified atom stereocenters. The minimum absolute atomic E-state index is 0.0270. The second kappa shape index (κ2) is 2.56. The van der Waals surface area contributed by atoms with Gasteiger partial charge >= 0.3 is 0 Å². The van der Waals surface area contributed by atoms with Crippen LogP contribution >= 0.6 is 0 Å². The van der Waals surface area contributed by atoms with Gasteiger partial charge in [0, 0.05) is 19.3 Å². The molecule has 0 aliphatic carbocycles. The van der Waals surface area contributed by atoms with E-state index in [1.165, 1.54) is 10.6 Å². The van der Waals surface area contributed by atoms with Gasteiger partial charge in [-0.1, -0.05) is 0 Å². The van der Waals surface area contributed by atoms with Gasteiger partial charge in [-0.05, 0) is 6.07 Å². The van der Waals surface area contributed by atoms with Gasteiger partial charge in [0.2, 0.25) is 5.56 Å². The molecule has 0 radical (unpaired) electrons. The molecule has 0 aliphatic heterocycles. The molecule has 10 heavy (non-hydrogen) atoms. The Labute approximate surface area is 58.9 Å². The molecule has 1 heterocycles. The van der Waals surface area contributed by atoms with E-state index in [0.717, 1.165) is 0 Å². The Morgan fingerprint density at radius 3 is 2.70 bits per heavy atom. The van der Waals surface area contributed by atoms with E-state index in [0.29, 0.717) is 5.75 Å². The van der Waals surface area contributed by atoms with Gasteiger partial charge in [-0.25, -0.2) is 0 Å². The van der Waals surface area contributed by atoms with Crippen molar-refractivity contribution in [3.05, 3.63) is 28.7 Å². The van der Waals surface area contributed by atoms with Gasteiger partial charge in [-0.15, -0.1) is 0 Å². The fraction of sp³-hybridized carbons (Fsp3) is 0.286. The van der Waals surface area contributed by atoms with Crippen LogP contribution in [0.3, 0.4) is 0 Å². The highest BCUT2D eigenvalue weighted by Gasteiger charge is 1.91. The molecule has 0 saturated heterocycles. The summed E-state index contributed by atoms with van der Waals surface area (Å²) in [6, 6.07) is 3.11. The van der Waals surface area contributed by atoms with E-state index in [1.54, 1.807) is 26.4 Å². The molecule has 3 heteroatoms. The molecule has 1 aromatic rings. The highest BCUT2D eigenvalue weighted by atomic mass is 16.5. The van der Waals surface area contributed by atoms with Gasteiger partial charge < -0.3 is 9.30 Å². The number of pyridine rings is 1. The zero-order valence-corrected chi connectivity index (χ0v) is 6.00. The lowest BCUT2D eigenvalue weighted by Gasteiger charge is -1.99. The molecule has 0 spiro atoms. The number of methoxy groups -OCH3 is 1. The number of aromatic nitrogens is 1. The molecule has 0 fully saturated rings. The minimum Gasteiger partial charge on any atom is -0.495 e. The number of hydrogen-bond donors (Lipinski definition) is 0. The van der Waals surface area contributed by atoms with Crippen LogP contribution in [0.1, 0.15) is 0 Å². The fourth-order valence-electron chi connectivity index (χ4n) is 0.689. The molecule has 3 nitrogen and oxygen atoms in total. The lowest BCUT2D eigenvalue weighted by atomic mass is 10.4. The SMILES string of the molecule is COc1ccc(=O)n(C)c1. The first-order valence-electron chi connectivity index (χ1n) is 2.94. The third kappa shape index (κ3) is 1.18. The van der Waals surface area contributed by atoms with Crippen LogP contribution in [0.25, 0.3) is 0 Å². The average Bonchev–Trinajstić information content (AvgIpc) is 1.95. The molecule has 0 N–H and O–H groups in total. The van der Waals surface area contributed by atoms with Crippen LogP contribution in [0.5, 0.6) is 5.75 Å². The summed E-state index contributed by atoms with van der Waals surface area (Å²) in [4.78, 5) is 10.8. The predicted octanol–water partition coefficient (Wildman–Crippen LogP) is 0.394. The van der Waals surface area contributed by atoms with Gasteiger partial charge in [0.15, 0.2) is 0 Å². The van der Waals surface area contributed by atoms with Crippen molar-refractivity contribution < 1.29 is 4.74 Å². The molecule has 0 bridgehead atoms. The van der Waals surface area contributed by atoms with Crippen molar-refractivity contribution in [1.29, 1.82) is 0 Å². The summed E-state index contributed by atoms with van der Waals surface area (Å²) < 4.78 is 6.36. The van der Waals surface area contributed by atoms with Crippen LogP contribution in [0.2, 0.25) is 0 Å². The predicted molar refractivity (Wildman–Crippen MR) is 38.2 cm³/mol. The van der Waals surface area contributed by atoms with Crippen LogP contribution in [-0.4, -0.2) is 11.7 Å². The van der Waals surface area contributed by atoms with Gasteiger partial charge in [0.05, 0.1) is 7.11 Å². The molecule has 54 valence electrons. The summed E-state index contributed by atoms with van der Waals surface area (Å²) in [5.41, 5.74) is -0.0270. The Morgan fingerprint density at radius 2 is 2.20 bits per heavy atom. The normalized spacial score (nSPS) is 9.40. The molecule has 1 rings (SSSR count). The first kappa shape index (κ1) is 6.86. The van der Waals surface area contributed by atoms with Crippen molar-refractivity contribution in [2.24, 2.45) is 7.05 Å². The molecular formula is C7H9NO2. The lowest BCUT2D eigenvalue weighted by Crippen LogP contribution is -2.13. The Bertz CT molecular complexity index is 277. The topological polar surface area (TPSA) is 31.2 Å². The van der Waals surface area contributed by atoms with Crippen molar-refractivity contribution >= 4 is 0 Å². The Kier molecular flexibility index (Phi) is 1.76. The van der Waals surface area contributed by atoms with Gasteiger partial charge in [0.1, 0.15) is 5.75 Å². The Hall–Kier alpha value is -1.25. The smallest absolute Gasteiger partial charge is 0.250 e. The van der Waals surface area contributed by atoms with Crippen molar-refractivity contribution in [3.8, 4) is 5.75 Å². The maximum Gasteiger partial charge on any atom is 0.250 e. The van der Waals surface area contributed by atoms with Gasteiger partial charge in [-0.3, -0.25) is 4.79 Å². The largest absolute Gasteiger partial charge is 0.495 e. The first-order chi connectivity index (χ1) is 4.74. The number of ether oxygens (including phenoxy) is 1. The van der Waals surface area contributed by atoms with Crippen LogP contribution in [0.15, 0.2) is 23.1 Å². The maximum atomic E-state index is 10.8. The van der Waals surface area contributed by atoms with Crippen molar-refractivity contribution in [3.63, 3.8) is 0 Å². The third-order valence-electron chi connectivity index (χ3n) is 1.29. The third-order valence-corrected chi connectivity index (χ3v) is 1.29. The minimum atomic E-state index is -0.0270. The van der Waals surface area contributed by atoms with Gasteiger partial charge in [-0.2, -0.15) is 0 Å². The van der Waals surface area contributed by atoms with E-state index in [2.05, 4.69) is 0 Å². The Balaban J connectivity index is 3.17. The van der Waals surface area contributed by atoms with E-state index >= 15 is 0 Å². The van der Waals surface area contributed by atoms with Crippen LogP contribution in [0, 0.1) is 0 Å². The second-order valence-electron chi connectivity index (χ2n) is 2.02. The molecule has 0 saturated carbocycles. The number of nitrogens with zero attached hydrogens (tertiary/aromatic N) is 1. The molecule has 0 amide bonds. The van der Waals surface area contributed by atoms with Gasteiger partial charge in [0.25, 0.3) is 0 Å². The number of aryl methyl sites for hydroxylation is 1. The quantitative estimate of drug-likeness (QED) is 0.563. The molecule has 0 aliphatic rings.